The van der Waals surface area contributed by atoms with Crippen LogP contribution >= 0.6 is 11.6 Å². The van der Waals surface area contributed by atoms with Gasteiger partial charge in [0, 0.05) is 16.0 Å². The van der Waals surface area contributed by atoms with Gasteiger partial charge >= 0.3 is 0 Å². The molecule has 0 bridgehead atoms. The lowest BCUT2D eigenvalue weighted by molar-refractivity contribution is 0.0957. The SMILES string of the molecule is Cc1ccc(-c2cc(C(=O)N/N=C/c3ccccc3)c3cc(Cl)ccc3n2)cc1. The van der Waals surface area contributed by atoms with Crippen molar-refractivity contribution in [1.82, 2.24) is 10.4 Å². The number of nitrogens with one attached hydrogen (secondary N) is 1. The van der Waals surface area contributed by atoms with Crippen molar-refractivity contribution < 1.29 is 4.79 Å². The minimum absolute atomic E-state index is 0.319. The molecule has 0 saturated heterocycles. The second-order valence-electron chi connectivity index (χ2n) is 6.69. The number of amides is 1. The highest BCUT2D eigenvalue weighted by atomic mass is 35.5. The molecule has 0 fully saturated rings. The third-order valence-corrected chi connectivity index (χ3v) is 4.78. The van der Waals surface area contributed by atoms with Gasteiger partial charge < -0.3 is 0 Å². The van der Waals surface area contributed by atoms with Gasteiger partial charge in [-0.1, -0.05) is 71.8 Å². The lowest BCUT2D eigenvalue weighted by atomic mass is 10.0. The van der Waals surface area contributed by atoms with Crippen LogP contribution in [0.2, 0.25) is 5.02 Å². The Balaban J connectivity index is 1.72. The van der Waals surface area contributed by atoms with E-state index in [2.05, 4.69) is 10.5 Å². The Kier molecular flexibility index (Phi) is 5.36. The number of pyridine rings is 1. The molecule has 0 spiro atoms. The molecule has 1 aromatic heterocycles. The molecule has 0 aliphatic rings. The summed E-state index contributed by atoms with van der Waals surface area (Å²) >= 11 is 6.16. The second-order valence-corrected chi connectivity index (χ2v) is 7.13. The van der Waals surface area contributed by atoms with Gasteiger partial charge in [-0.25, -0.2) is 10.4 Å². The molecule has 5 heteroatoms. The number of carbonyl (C=O) groups excluding carboxylic acids is 1. The average Bonchev–Trinajstić information content (AvgIpc) is 2.74. The number of halogens is 1. The summed E-state index contributed by atoms with van der Waals surface area (Å²) in [5.41, 5.74) is 7.49. The second kappa shape index (κ2) is 8.25. The van der Waals surface area contributed by atoms with E-state index in [1.165, 1.54) is 0 Å². The summed E-state index contributed by atoms with van der Waals surface area (Å²) in [5, 5.41) is 5.31. The monoisotopic (exact) mass is 399 g/mol. The first kappa shape index (κ1) is 18.8. The molecule has 0 aliphatic carbocycles. The fourth-order valence-electron chi connectivity index (χ4n) is 3.02. The first-order valence-corrected chi connectivity index (χ1v) is 9.54. The molecule has 0 atom stereocenters. The number of benzene rings is 3. The zero-order chi connectivity index (χ0) is 20.2. The third kappa shape index (κ3) is 4.33. The topological polar surface area (TPSA) is 54.4 Å². The summed E-state index contributed by atoms with van der Waals surface area (Å²) in [7, 11) is 0. The van der Waals surface area contributed by atoms with Crippen LogP contribution in [0.25, 0.3) is 22.2 Å². The van der Waals surface area contributed by atoms with Crippen LogP contribution < -0.4 is 5.43 Å². The lowest BCUT2D eigenvalue weighted by Gasteiger charge is -2.10. The van der Waals surface area contributed by atoms with Crippen LogP contribution in [0.5, 0.6) is 0 Å². The van der Waals surface area contributed by atoms with Crippen molar-refractivity contribution >= 4 is 34.6 Å². The Bertz CT molecular complexity index is 1200. The number of hydrazone groups is 1. The summed E-state index contributed by atoms with van der Waals surface area (Å²) in [5.74, 6) is -0.319. The van der Waals surface area contributed by atoms with Crippen molar-refractivity contribution in [3.8, 4) is 11.3 Å². The molecule has 1 heterocycles. The van der Waals surface area contributed by atoms with Gasteiger partial charge in [-0.05, 0) is 36.8 Å². The zero-order valence-electron chi connectivity index (χ0n) is 15.8. The fraction of sp³-hybridized carbons (Fsp3) is 0.0417. The molecular formula is C24H18ClN3O. The van der Waals surface area contributed by atoms with Crippen LogP contribution in [-0.2, 0) is 0 Å². The van der Waals surface area contributed by atoms with E-state index in [0.29, 0.717) is 21.5 Å². The van der Waals surface area contributed by atoms with E-state index in [4.69, 9.17) is 16.6 Å². The van der Waals surface area contributed by atoms with Crippen LogP contribution in [0.1, 0.15) is 21.5 Å². The lowest BCUT2D eigenvalue weighted by Crippen LogP contribution is -2.18. The van der Waals surface area contributed by atoms with Gasteiger partial charge in [0.05, 0.1) is 23.0 Å². The van der Waals surface area contributed by atoms with E-state index < -0.39 is 0 Å². The number of nitrogens with zero attached hydrogens (tertiary/aromatic N) is 2. The smallest absolute Gasteiger partial charge is 0.267 e. The third-order valence-electron chi connectivity index (χ3n) is 4.54. The van der Waals surface area contributed by atoms with Gasteiger partial charge in [0.1, 0.15) is 0 Å². The highest BCUT2D eigenvalue weighted by Gasteiger charge is 2.14. The van der Waals surface area contributed by atoms with E-state index in [-0.39, 0.29) is 5.91 Å². The minimum atomic E-state index is -0.319. The maximum atomic E-state index is 12.9. The highest BCUT2D eigenvalue weighted by molar-refractivity contribution is 6.31. The molecule has 0 saturated carbocycles. The van der Waals surface area contributed by atoms with E-state index >= 15 is 0 Å². The van der Waals surface area contributed by atoms with Crippen LogP contribution in [-0.4, -0.2) is 17.1 Å². The quantitative estimate of drug-likeness (QED) is 0.357. The molecule has 4 rings (SSSR count). The summed E-state index contributed by atoms with van der Waals surface area (Å²) in [6, 6.07) is 24.7. The van der Waals surface area contributed by atoms with E-state index in [0.717, 1.165) is 22.4 Å². The predicted molar refractivity (Wildman–Crippen MR) is 118 cm³/mol. The Morgan fingerprint density at radius 3 is 2.52 bits per heavy atom. The van der Waals surface area contributed by atoms with Crippen LogP contribution in [0.3, 0.4) is 0 Å². The molecule has 29 heavy (non-hydrogen) atoms. The summed E-state index contributed by atoms with van der Waals surface area (Å²) in [6.45, 7) is 2.03. The highest BCUT2D eigenvalue weighted by Crippen LogP contribution is 2.27. The van der Waals surface area contributed by atoms with Gasteiger partial charge in [-0.3, -0.25) is 4.79 Å². The van der Waals surface area contributed by atoms with Crippen LogP contribution in [0, 0.1) is 6.92 Å². The molecule has 4 nitrogen and oxygen atoms in total. The number of fused-ring (bicyclic) bond motifs is 1. The van der Waals surface area contributed by atoms with Crippen molar-refractivity contribution in [1.29, 1.82) is 0 Å². The number of carbonyl (C=O) groups is 1. The Morgan fingerprint density at radius 2 is 1.76 bits per heavy atom. The number of hydrogen-bond donors (Lipinski definition) is 1. The first-order valence-electron chi connectivity index (χ1n) is 9.16. The summed E-state index contributed by atoms with van der Waals surface area (Å²) < 4.78 is 0. The fourth-order valence-corrected chi connectivity index (χ4v) is 3.19. The number of rotatable bonds is 4. The normalized spacial score (nSPS) is 11.1. The Hall–Kier alpha value is -3.50. The largest absolute Gasteiger partial charge is 0.272 e. The molecule has 0 aliphatic heterocycles. The number of aryl methyl sites for hydroxylation is 1. The summed E-state index contributed by atoms with van der Waals surface area (Å²) in [4.78, 5) is 17.6. The predicted octanol–water partition coefficient (Wildman–Crippen LogP) is 5.63. The van der Waals surface area contributed by atoms with Gasteiger partial charge in [0.2, 0.25) is 0 Å². The Labute approximate surface area is 173 Å². The van der Waals surface area contributed by atoms with Gasteiger partial charge in [0.15, 0.2) is 0 Å². The van der Waals surface area contributed by atoms with Crippen LogP contribution in [0.15, 0.2) is 84.0 Å². The van der Waals surface area contributed by atoms with Gasteiger partial charge in [-0.15, -0.1) is 0 Å². The maximum absolute atomic E-state index is 12.9. The van der Waals surface area contributed by atoms with E-state index in [1.54, 1.807) is 24.4 Å². The summed E-state index contributed by atoms with van der Waals surface area (Å²) in [6.07, 6.45) is 1.61. The average molecular weight is 400 g/mol. The molecule has 3 aromatic carbocycles. The molecule has 1 amide bonds. The maximum Gasteiger partial charge on any atom is 0.272 e. The molecule has 0 unspecified atom stereocenters. The van der Waals surface area contributed by atoms with Crippen molar-refractivity contribution in [2.45, 2.75) is 6.92 Å². The van der Waals surface area contributed by atoms with Crippen LogP contribution in [0.4, 0.5) is 0 Å². The number of hydrogen-bond acceptors (Lipinski definition) is 3. The van der Waals surface area contributed by atoms with Crippen molar-refractivity contribution in [3.63, 3.8) is 0 Å². The minimum Gasteiger partial charge on any atom is -0.267 e. The van der Waals surface area contributed by atoms with Crippen molar-refractivity contribution in [3.05, 3.63) is 101 Å². The van der Waals surface area contributed by atoms with Gasteiger partial charge in [-0.2, -0.15) is 5.10 Å². The molecule has 4 aromatic rings. The Morgan fingerprint density at radius 1 is 1.00 bits per heavy atom. The number of aromatic nitrogens is 1. The molecular weight excluding hydrogens is 382 g/mol. The molecule has 0 radical (unpaired) electrons. The zero-order valence-corrected chi connectivity index (χ0v) is 16.5. The van der Waals surface area contributed by atoms with E-state index in [9.17, 15) is 4.79 Å². The first-order chi connectivity index (χ1) is 14.1. The van der Waals surface area contributed by atoms with Crippen molar-refractivity contribution in [2.75, 3.05) is 0 Å². The standard InChI is InChI=1S/C24H18ClN3O/c1-16-7-9-18(10-8-16)23-14-21(20-13-19(25)11-12-22(20)27-23)24(29)28-26-15-17-5-3-2-4-6-17/h2-15H,1H3,(H,28,29)/b26-15+. The van der Waals surface area contributed by atoms with Gasteiger partial charge in [0.25, 0.3) is 5.91 Å². The molecule has 142 valence electrons. The van der Waals surface area contributed by atoms with Crippen molar-refractivity contribution in [2.24, 2.45) is 5.10 Å². The van der Waals surface area contributed by atoms with E-state index in [1.807, 2.05) is 67.6 Å². The molecule has 1 N–H and O–H groups in total.